The number of amides is 2. The third kappa shape index (κ3) is 4.32. The van der Waals surface area contributed by atoms with Crippen LogP contribution in [0.3, 0.4) is 0 Å². The van der Waals surface area contributed by atoms with Gasteiger partial charge in [0.2, 0.25) is 5.91 Å². The molecule has 0 spiro atoms. The summed E-state index contributed by atoms with van der Waals surface area (Å²) in [5, 5.41) is 2.84. The van der Waals surface area contributed by atoms with Crippen LogP contribution in [0.4, 0.5) is 14.5 Å². The van der Waals surface area contributed by atoms with Gasteiger partial charge in [0.05, 0.1) is 5.56 Å². The lowest BCUT2D eigenvalue weighted by Crippen LogP contribution is -2.41. The minimum absolute atomic E-state index is 0.135. The molecule has 0 atom stereocenters. The van der Waals surface area contributed by atoms with Gasteiger partial charge in [-0.1, -0.05) is 12.0 Å². The van der Waals surface area contributed by atoms with Gasteiger partial charge >= 0.3 is 0 Å². The minimum atomic E-state index is -0.881. The highest BCUT2D eigenvalue weighted by molar-refractivity contribution is 5.95. The van der Waals surface area contributed by atoms with E-state index in [1.54, 1.807) is 24.3 Å². The number of halogens is 2. The molecule has 0 unspecified atom stereocenters. The highest BCUT2D eigenvalue weighted by Crippen LogP contribution is 2.22. The SMILES string of the molecule is C#Cc1cccc(NC(=O)C2CCN(C(=O)c3ccc(F)cc3F)CC2)c1. The van der Waals surface area contributed by atoms with Gasteiger partial charge < -0.3 is 10.2 Å². The molecule has 1 saturated heterocycles. The van der Waals surface area contributed by atoms with Crippen LogP contribution in [0.2, 0.25) is 0 Å². The molecular weight excluding hydrogens is 350 g/mol. The molecule has 2 amide bonds. The van der Waals surface area contributed by atoms with Gasteiger partial charge in [-0.05, 0) is 43.2 Å². The summed E-state index contributed by atoms with van der Waals surface area (Å²) in [5.74, 6) is 0.0268. The first-order valence-electron chi connectivity index (χ1n) is 8.60. The molecule has 1 aliphatic heterocycles. The Morgan fingerprint density at radius 2 is 1.85 bits per heavy atom. The van der Waals surface area contributed by atoms with Crippen molar-refractivity contribution in [3.8, 4) is 12.3 Å². The predicted octanol–water partition coefficient (Wildman–Crippen LogP) is 3.44. The van der Waals surface area contributed by atoms with Gasteiger partial charge in [-0.25, -0.2) is 8.78 Å². The zero-order valence-electron chi connectivity index (χ0n) is 14.5. The molecule has 1 aliphatic rings. The Morgan fingerprint density at radius 3 is 2.52 bits per heavy atom. The molecule has 0 aliphatic carbocycles. The van der Waals surface area contributed by atoms with Crippen molar-refractivity contribution >= 4 is 17.5 Å². The van der Waals surface area contributed by atoms with E-state index < -0.39 is 17.5 Å². The van der Waals surface area contributed by atoms with Crippen molar-refractivity contribution in [3.63, 3.8) is 0 Å². The van der Waals surface area contributed by atoms with Crippen LogP contribution in [0.25, 0.3) is 0 Å². The number of carbonyl (C=O) groups excluding carboxylic acids is 2. The van der Waals surface area contributed by atoms with Gasteiger partial charge in [-0.15, -0.1) is 6.42 Å². The Kier molecular flexibility index (Phi) is 5.51. The third-order valence-corrected chi connectivity index (χ3v) is 4.61. The summed E-state index contributed by atoms with van der Waals surface area (Å²) in [6.45, 7) is 0.663. The van der Waals surface area contributed by atoms with E-state index in [2.05, 4.69) is 11.2 Å². The fourth-order valence-electron chi connectivity index (χ4n) is 3.11. The average Bonchev–Trinajstić information content (AvgIpc) is 2.68. The maximum absolute atomic E-state index is 13.8. The number of anilines is 1. The van der Waals surface area contributed by atoms with E-state index in [0.29, 0.717) is 43.2 Å². The van der Waals surface area contributed by atoms with Crippen LogP contribution in [0.5, 0.6) is 0 Å². The first-order valence-corrected chi connectivity index (χ1v) is 8.60. The number of terminal acetylenes is 1. The van der Waals surface area contributed by atoms with Crippen LogP contribution < -0.4 is 5.32 Å². The summed E-state index contributed by atoms with van der Waals surface area (Å²) in [5.41, 5.74) is 1.14. The number of likely N-dealkylation sites (tertiary alicyclic amines) is 1. The number of carbonyl (C=O) groups is 2. The predicted molar refractivity (Wildman–Crippen MR) is 98.0 cm³/mol. The maximum Gasteiger partial charge on any atom is 0.256 e. The number of nitrogens with zero attached hydrogens (tertiary/aromatic N) is 1. The fraction of sp³-hybridized carbons (Fsp3) is 0.238. The van der Waals surface area contributed by atoms with Crippen LogP contribution >= 0.6 is 0 Å². The normalized spacial score (nSPS) is 14.5. The molecule has 0 radical (unpaired) electrons. The van der Waals surface area contributed by atoms with Gasteiger partial charge in [-0.2, -0.15) is 0 Å². The van der Waals surface area contributed by atoms with Gasteiger partial charge in [0.1, 0.15) is 11.6 Å². The summed E-state index contributed by atoms with van der Waals surface area (Å²) >= 11 is 0. The second kappa shape index (κ2) is 8.00. The summed E-state index contributed by atoms with van der Waals surface area (Å²) in [4.78, 5) is 26.3. The molecule has 6 heteroatoms. The summed E-state index contributed by atoms with van der Waals surface area (Å²) in [6.07, 6.45) is 6.29. The first kappa shape index (κ1) is 18.6. The van der Waals surface area contributed by atoms with Gasteiger partial charge in [0.15, 0.2) is 0 Å². The topological polar surface area (TPSA) is 49.4 Å². The van der Waals surface area contributed by atoms with Crippen LogP contribution in [-0.4, -0.2) is 29.8 Å². The lowest BCUT2D eigenvalue weighted by atomic mass is 9.95. The van der Waals surface area contributed by atoms with E-state index in [1.807, 2.05) is 0 Å². The van der Waals surface area contributed by atoms with Crippen molar-refractivity contribution in [2.24, 2.45) is 5.92 Å². The van der Waals surface area contributed by atoms with Crippen LogP contribution in [0, 0.1) is 29.9 Å². The Balaban J connectivity index is 1.58. The highest BCUT2D eigenvalue weighted by Gasteiger charge is 2.29. The van der Waals surface area contributed by atoms with Crippen LogP contribution in [-0.2, 0) is 4.79 Å². The maximum atomic E-state index is 13.8. The standard InChI is InChI=1S/C21H18F2N2O2/c1-2-14-4-3-5-17(12-14)24-20(26)15-8-10-25(11-9-15)21(27)18-7-6-16(22)13-19(18)23/h1,3-7,12-13,15H,8-11H2,(H,24,26). The minimum Gasteiger partial charge on any atom is -0.339 e. The Morgan fingerprint density at radius 1 is 1.11 bits per heavy atom. The fourth-order valence-corrected chi connectivity index (χ4v) is 3.11. The van der Waals surface area contributed by atoms with E-state index in [0.717, 1.165) is 12.1 Å². The van der Waals surface area contributed by atoms with Crippen LogP contribution in [0.1, 0.15) is 28.8 Å². The number of benzene rings is 2. The molecule has 1 heterocycles. The van der Waals surface area contributed by atoms with Crippen molar-refractivity contribution < 1.29 is 18.4 Å². The molecule has 0 saturated carbocycles. The smallest absolute Gasteiger partial charge is 0.256 e. The molecule has 2 aromatic carbocycles. The number of piperidine rings is 1. The second-order valence-electron chi connectivity index (χ2n) is 6.41. The molecular formula is C21H18F2N2O2. The van der Waals surface area contributed by atoms with Crippen molar-refractivity contribution in [1.82, 2.24) is 4.90 Å². The molecule has 3 rings (SSSR count). The van der Waals surface area contributed by atoms with Gasteiger partial charge in [-0.3, -0.25) is 9.59 Å². The third-order valence-electron chi connectivity index (χ3n) is 4.61. The Hall–Kier alpha value is -3.20. The summed E-state index contributed by atoms with van der Waals surface area (Å²) < 4.78 is 26.8. The number of nitrogens with one attached hydrogen (secondary N) is 1. The highest BCUT2D eigenvalue weighted by atomic mass is 19.1. The van der Waals surface area contributed by atoms with Crippen molar-refractivity contribution in [2.45, 2.75) is 12.8 Å². The van der Waals surface area contributed by atoms with E-state index >= 15 is 0 Å². The van der Waals surface area contributed by atoms with E-state index in [9.17, 15) is 18.4 Å². The first-order chi connectivity index (χ1) is 13.0. The van der Waals surface area contributed by atoms with Crippen LogP contribution in [0.15, 0.2) is 42.5 Å². The second-order valence-corrected chi connectivity index (χ2v) is 6.41. The Labute approximate surface area is 156 Å². The number of rotatable bonds is 3. The number of hydrogen-bond acceptors (Lipinski definition) is 2. The molecule has 1 fully saturated rings. The molecule has 27 heavy (non-hydrogen) atoms. The van der Waals surface area contributed by atoms with Gasteiger partial charge in [0.25, 0.3) is 5.91 Å². The molecule has 0 bridgehead atoms. The van der Waals surface area contributed by atoms with Crippen molar-refractivity contribution in [3.05, 3.63) is 65.2 Å². The lowest BCUT2D eigenvalue weighted by molar-refractivity contribution is -0.121. The summed E-state index contributed by atoms with van der Waals surface area (Å²) in [6, 6.07) is 9.91. The largest absolute Gasteiger partial charge is 0.339 e. The molecule has 1 N–H and O–H groups in total. The average molecular weight is 368 g/mol. The zero-order chi connectivity index (χ0) is 19.4. The van der Waals surface area contributed by atoms with Crippen molar-refractivity contribution in [2.75, 3.05) is 18.4 Å². The monoisotopic (exact) mass is 368 g/mol. The molecule has 2 aromatic rings. The molecule has 4 nitrogen and oxygen atoms in total. The molecule has 0 aromatic heterocycles. The van der Waals surface area contributed by atoms with Crippen molar-refractivity contribution in [1.29, 1.82) is 0 Å². The molecule has 138 valence electrons. The van der Waals surface area contributed by atoms with Gasteiger partial charge in [0, 0.05) is 36.3 Å². The number of hydrogen-bond donors (Lipinski definition) is 1. The lowest BCUT2D eigenvalue weighted by Gasteiger charge is -2.31. The quantitative estimate of drug-likeness (QED) is 0.844. The van der Waals surface area contributed by atoms with E-state index in [1.165, 1.54) is 4.90 Å². The van der Waals surface area contributed by atoms with E-state index in [-0.39, 0.29) is 17.4 Å². The zero-order valence-corrected chi connectivity index (χ0v) is 14.5. The summed E-state index contributed by atoms with van der Waals surface area (Å²) in [7, 11) is 0. The Bertz CT molecular complexity index is 913. The van der Waals surface area contributed by atoms with E-state index in [4.69, 9.17) is 6.42 Å².